The molecule has 2 N–H and O–H groups in total. The van der Waals surface area contributed by atoms with E-state index in [0.29, 0.717) is 11.5 Å². The topological polar surface area (TPSA) is 101 Å². The van der Waals surface area contributed by atoms with Crippen LogP contribution in [0.5, 0.6) is 0 Å². The third kappa shape index (κ3) is 2.79. The van der Waals surface area contributed by atoms with Crippen LogP contribution in [-0.4, -0.2) is 24.5 Å². The van der Waals surface area contributed by atoms with Crippen LogP contribution in [0, 0.1) is 57.2 Å². The van der Waals surface area contributed by atoms with Gasteiger partial charge in [-0.25, -0.2) is 0 Å². The number of nitrogens with zero attached hydrogens (tertiary/aromatic N) is 4. The Morgan fingerprint density at radius 2 is 2.00 bits per heavy atom. The molecule has 0 radical (unpaired) electrons. The second-order valence-corrected chi connectivity index (χ2v) is 7.19. The second kappa shape index (κ2) is 7.08. The zero-order valence-corrected chi connectivity index (χ0v) is 14.7. The molecule has 1 aliphatic carbocycles. The van der Waals surface area contributed by atoms with Gasteiger partial charge in [0.25, 0.3) is 0 Å². The van der Waals surface area contributed by atoms with Gasteiger partial charge in [0.2, 0.25) is 0 Å². The molecule has 0 aromatic rings. The zero-order chi connectivity index (χ0) is 17.9. The van der Waals surface area contributed by atoms with Crippen molar-refractivity contribution in [1.29, 1.82) is 15.8 Å². The SMILES string of the molecule is CCCN1CC=C2C(C#N)=C(N)C(C#N)(C#N)C(CC(C)C)C2C1. The predicted molar refractivity (Wildman–Crippen MR) is 91.7 cm³/mol. The summed E-state index contributed by atoms with van der Waals surface area (Å²) in [5.74, 6) is 0.166. The van der Waals surface area contributed by atoms with Gasteiger partial charge in [0.1, 0.15) is 6.07 Å². The quantitative estimate of drug-likeness (QED) is 0.857. The van der Waals surface area contributed by atoms with Crippen molar-refractivity contribution < 1.29 is 0 Å². The molecule has 0 saturated carbocycles. The first kappa shape index (κ1) is 18.1. The van der Waals surface area contributed by atoms with Crippen LogP contribution in [0.4, 0.5) is 0 Å². The van der Waals surface area contributed by atoms with E-state index in [2.05, 4.69) is 50.0 Å². The summed E-state index contributed by atoms with van der Waals surface area (Å²) in [6, 6.07) is 6.51. The molecule has 126 valence electrons. The van der Waals surface area contributed by atoms with Gasteiger partial charge < -0.3 is 5.73 Å². The number of hydrogen-bond donors (Lipinski definition) is 1. The lowest BCUT2D eigenvalue weighted by Crippen LogP contribution is -2.49. The lowest BCUT2D eigenvalue weighted by molar-refractivity contribution is 0.148. The molecule has 5 heteroatoms. The third-order valence-corrected chi connectivity index (χ3v) is 5.18. The first-order valence-corrected chi connectivity index (χ1v) is 8.60. The Bertz CT molecular complexity index is 666. The maximum absolute atomic E-state index is 9.84. The molecule has 0 amide bonds. The Morgan fingerprint density at radius 3 is 2.50 bits per heavy atom. The fraction of sp³-hybridized carbons (Fsp3) is 0.632. The van der Waals surface area contributed by atoms with E-state index in [1.807, 2.05) is 0 Å². The highest BCUT2D eigenvalue weighted by molar-refractivity contribution is 5.56. The molecule has 0 spiro atoms. The van der Waals surface area contributed by atoms with Gasteiger partial charge >= 0.3 is 0 Å². The minimum absolute atomic E-state index is 0.00829. The second-order valence-electron chi connectivity index (χ2n) is 7.19. The maximum atomic E-state index is 9.84. The number of hydrogen-bond acceptors (Lipinski definition) is 5. The number of rotatable bonds is 4. The molecule has 2 atom stereocenters. The molecule has 1 heterocycles. The van der Waals surface area contributed by atoms with Gasteiger partial charge in [0.05, 0.1) is 23.4 Å². The summed E-state index contributed by atoms with van der Waals surface area (Å²) in [6.07, 6.45) is 3.86. The Labute approximate surface area is 144 Å². The first-order valence-electron chi connectivity index (χ1n) is 8.60. The molecule has 5 nitrogen and oxygen atoms in total. The highest BCUT2D eigenvalue weighted by atomic mass is 15.1. The van der Waals surface area contributed by atoms with E-state index in [1.165, 1.54) is 0 Å². The van der Waals surface area contributed by atoms with E-state index in [-0.39, 0.29) is 17.5 Å². The minimum Gasteiger partial charge on any atom is -0.399 e. The molecule has 2 unspecified atom stereocenters. The Morgan fingerprint density at radius 1 is 1.33 bits per heavy atom. The van der Waals surface area contributed by atoms with Crippen LogP contribution < -0.4 is 5.73 Å². The summed E-state index contributed by atoms with van der Waals surface area (Å²) in [6.45, 7) is 8.87. The van der Waals surface area contributed by atoms with Gasteiger partial charge in [-0.05, 0) is 30.9 Å². The van der Waals surface area contributed by atoms with E-state index in [1.54, 1.807) is 0 Å². The molecule has 2 aliphatic rings. The molecule has 24 heavy (non-hydrogen) atoms. The standard InChI is InChI=1S/C19H25N5/c1-4-6-24-7-5-14-15(9-20)18(23)19(11-21,12-22)17(8-13(2)3)16(14)10-24/h5,13,16-17H,4,6-8,10,23H2,1-3H3. The summed E-state index contributed by atoms with van der Waals surface area (Å²) in [7, 11) is 0. The predicted octanol–water partition coefficient (Wildman–Crippen LogP) is 2.70. The molecule has 0 fully saturated rings. The smallest absolute Gasteiger partial charge is 0.187 e. The van der Waals surface area contributed by atoms with Gasteiger partial charge in [-0.15, -0.1) is 0 Å². The van der Waals surface area contributed by atoms with Crippen LogP contribution in [0.15, 0.2) is 22.9 Å². The summed E-state index contributed by atoms with van der Waals surface area (Å²) in [4.78, 5) is 2.33. The van der Waals surface area contributed by atoms with Gasteiger partial charge in [-0.1, -0.05) is 26.8 Å². The van der Waals surface area contributed by atoms with Crippen molar-refractivity contribution in [1.82, 2.24) is 4.90 Å². The molecule has 1 aliphatic heterocycles. The third-order valence-electron chi connectivity index (χ3n) is 5.18. The molecule has 0 aromatic heterocycles. The van der Waals surface area contributed by atoms with E-state index in [0.717, 1.165) is 38.0 Å². The fourth-order valence-electron chi connectivity index (χ4n) is 4.10. The summed E-state index contributed by atoms with van der Waals surface area (Å²) < 4.78 is 0. The largest absolute Gasteiger partial charge is 0.399 e. The van der Waals surface area contributed by atoms with Crippen LogP contribution in [0.3, 0.4) is 0 Å². The lowest BCUT2D eigenvalue weighted by atomic mass is 9.58. The maximum Gasteiger partial charge on any atom is 0.187 e. The van der Waals surface area contributed by atoms with E-state index in [4.69, 9.17) is 5.73 Å². The molecular formula is C19H25N5. The van der Waals surface area contributed by atoms with Crippen LogP contribution in [-0.2, 0) is 0 Å². The van der Waals surface area contributed by atoms with Gasteiger partial charge in [-0.3, -0.25) is 4.90 Å². The van der Waals surface area contributed by atoms with Crippen molar-refractivity contribution in [2.24, 2.45) is 28.9 Å². The lowest BCUT2D eigenvalue weighted by Gasteiger charge is -2.46. The summed E-state index contributed by atoms with van der Waals surface area (Å²) >= 11 is 0. The highest BCUT2D eigenvalue weighted by Gasteiger charge is 2.53. The molecule has 0 bridgehead atoms. The zero-order valence-electron chi connectivity index (χ0n) is 14.7. The van der Waals surface area contributed by atoms with Crippen LogP contribution in [0.1, 0.15) is 33.6 Å². The van der Waals surface area contributed by atoms with Gasteiger partial charge in [0.15, 0.2) is 5.41 Å². The molecule has 0 saturated heterocycles. The molecular weight excluding hydrogens is 298 g/mol. The Kier molecular flexibility index (Phi) is 5.33. The Hall–Kier alpha value is -2.29. The average molecular weight is 323 g/mol. The monoisotopic (exact) mass is 323 g/mol. The minimum atomic E-state index is -1.41. The summed E-state index contributed by atoms with van der Waals surface area (Å²) in [5, 5.41) is 29.3. The van der Waals surface area contributed by atoms with Crippen molar-refractivity contribution >= 4 is 0 Å². The average Bonchev–Trinajstić information content (AvgIpc) is 2.56. The van der Waals surface area contributed by atoms with E-state index < -0.39 is 5.41 Å². The van der Waals surface area contributed by atoms with E-state index in [9.17, 15) is 15.8 Å². The first-order chi connectivity index (χ1) is 11.4. The van der Waals surface area contributed by atoms with Gasteiger partial charge in [0, 0.05) is 24.9 Å². The highest BCUT2D eigenvalue weighted by Crippen LogP contribution is 2.51. The Balaban J connectivity index is 2.63. The number of allylic oxidation sites excluding steroid dienone is 2. The molecule has 2 rings (SSSR count). The van der Waals surface area contributed by atoms with Crippen molar-refractivity contribution in [2.45, 2.75) is 33.6 Å². The van der Waals surface area contributed by atoms with Gasteiger partial charge in [-0.2, -0.15) is 15.8 Å². The normalized spacial score (nSPS) is 26.1. The van der Waals surface area contributed by atoms with Crippen molar-refractivity contribution in [3.63, 3.8) is 0 Å². The summed E-state index contributed by atoms with van der Waals surface area (Å²) in [5.41, 5.74) is 6.23. The van der Waals surface area contributed by atoms with Crippen molar-refractivity contribution in [2.75, 3.05) is 19.6 Å². The van der Waals surface area contributed by atoms with Crippen molar-refractivity contribution in [3.05, 3.63) is 22.9 Å². The fourth-order valence-corrected chi connectivity index (χ4v) is 4.10. The van der Waals surface area contributed by atoms with E-state index >= 15 is 0 Å². The van der Waals surface area contributed by atoms with Crippen molar-refractivity contribution in [3.8, 4) is 18.2 Å². The van der Waals surface area contributed by atoms with Crippen LogP contribution in [0.2, 0.25) is 0 Å². The molecule has 0 aromatic carbocycles. The van der Waals surface area contributed by atoms with Crippen LogP contribution in [0.25, 0.3) is 0 Å². The van der Waals surface area contributed by atoms with Crippen LogP contribution >= 0.6 is 0 Å². The number of fused-ring (bicyclic) bond motifs is 1. The number of nitriles is 3. The number of nitrogens with two attached hydrogens (primary N) is 1.